The van der Waals surface area contributed by atoms with E-state index in [4.69, 9.17) is 10.2 Å². The molecule has 1 heterocycles. The van der Waals surface area contributed by atoms with Crippen LogP contribution in [0.2, 0.25) is 0 Å². The molecule has 2 aromatic rings. The van der Waals surface area contributed by atoms with Crippen molar-refractivity contribution in [3.05, 3.63) is 36.2 Å². The number of rotatable bonds is 6. The topological polar surface area (TPSA) is 81.2 Å². The summed E-state index contributed by atoms with van der Waals surface area (Å²) in [4.78, 5) is 16.8. The van der Waals surface area contributed by atoms with Gasteiger partial charge in [0.15, 0.2) is 0 Å². The molecule has 0 atom stereocenters. The van der Waals surface area contributed by atoms with E-state index in [0.717, 1.165) is 17.0 Å². The number of nitrogens with two attached hydrogens (primary N) is 1. The molecular weight excluding hydrogens is 314 g/mol. The summed E-state index contributed by atoms with van der Waals surface area (Å²) in [6, 6.07) is 7.48. The third-order valence-electron chi connectivity index (χ3n) is 4.21. The van der Waals surface area contributed by atoms with Crippen LogP contribution in [0.1, 0.15) is 32.4 Å². The van der Waals surface area contributed by atoms with Crippen molar-refractivity contribution in [2.75, 3.05) is 11.9 Å². The number of benzene rings is 1. The Morgan fingerprint density at radius 1 is 1.35 bits per heavy atom. The SMILES string of the molecule is CCC(CC)(CN)C(=O)Nc1cccc(-c2ncc(C)o2)c1.Cl. The average molecular weight is 338 g/mol. The first-order chi connectivity index (χ1) is 10.5. The molecule has 0 aliphatic heterocycles. The molecule has 0 aliphatic carbocycles. The molecule has 3 N–H and O–H groups in total. The Morgan fingerprint density at radius 2 is 2.04 bits per heavy atom. The van der Waals surface area contributed by atoms with Crippen LogP contribution in [0, 0.1) is 12.3 Å². The Morgan fingerprint density at radius 3 is 2.57 bits per heavy atom. The highest BCUT2D eigenvalue weighted by Gasteiger charge is 2.33. The number of nitrogens with one attached hydrogen (secondary N) is 1. The number of oxazole rings is 1. The van der Waals surface area contributed by atoms with E-state index in [1.807, 2.05) is 45.0 Å². The Balaban J connectivity index is 0.00000264. The number of hydrogen-bond acceptors (Lipinski definition) is 4. The van der Waals surface area contributed by atoms with Crippen molar-refractivity contribution in [2.24, 2.45) is 11.1 Å². The predicted octanol–water partition coefficient (Wildman–Crippen LogP) is 3.78. The third-order valence-corrected chi connectivity index (χ3v) is 4.21. The molecule has 2 rings (SSSR count). The minimum atomic E-state index is -0.518. The van der Waals surface area contributed by atoms with Crippen LogP contribution in [-0.4, -0.2) is 17.4 Å². The van der Waals surface area contributed by atoms with E-state index in [1.165, 1.54) is 0 Å². The number of anilines is 1. The maximum absolute atomic E-state index is 12.5. The highest BCUT2D eigenvalue weighted by atomic mass is 35.5. The normalized spacial score (nSPS) is 11.0. The number of halogens is 1. The molecule has 0 bridgehead atoms. The van der Waals surface area contributed by atoms with Gasteiger partial charge >= 0.3 is 0 Å². The van der Waals surface area contributed by atoms with Crippen molar-refractivity contribution in [3.8, 4) is 11.5 Å². The van der Waals surface area contributed by atoms with Crippen LogP contribution in [-0.2, 0) is 4.79 Å². The summed E-state index contributed by atoms with van der Waals surface area (Å²) in [5.41, 5.74) is 6.85. The highest BCUT2D eigenvalue weighted by molar-refractivity contribution is 5.95. The van der Waals surface area contributed by atoms with Crippen molar-refractivity contribution in [3.63, 3.8) is 0 Å². The fraction of sp³-hybridized carbons (Fsp3) is 0.412. The number of hydrogen-bond donors (Lipinski definition) is 2. The zero-order valence-electron chi connectivity index (χ0n) is 13.8. The lowest BCUT2D eigenvalue weighted by Gasteiger charge is -2.28. The van der Waals surface area contributed by atoms with Crippen LogP contribution in [0.4, 0.5) is 5.69 Å². The number of aromatic nitrogens is 1. The molecule has 0 spiro atoms. The first-order valence-electron chi connectivity index (χ1n) is 7.59. The number of aryl methyl sites for hydroxylation is 1. The Bertz CT molecular complexity index is 643. The van der Waals surface area contributed by atoms with E-state index >= 15 is 0 Å². The number of carbonyl (C=O) groups is 1. The molecule has 1 aromatic heterocycles. The summed E-state index contributed by atoms with van der Waals surface area (Å²) in [5, 5.41) is 2.96. The lowest BCUT2D eigenvalue weighted by molar-refractivity contribution is -0.125. The molecule has 0 aliphatic rings. The van der Waals surface area contributed by atoms with Crippen LogP contribution < -0.4 is 11.1 Å². The molecular formula is C17H24ClN3O2. The molecule has 0 radical (unpaired) electrons. The zero-order chi connectivity index (χ0) is 16.2. The molecule has 126 valence electrons. The first kappa shape index (κ1) is 19.2. The fourth-order valence-electron chi connectivity index (χ4n) is 2.43. The number of nitrogens with zero attached hydrogens (tertiary/aromatic N) is 1. The molecule has 0 saturated carbocycles. The molecule has 0 unspecified atom stereocenters. The number of amides is 1. The smallest absolute Gasteiger partial charge is 0.231 e. The van der Waals surface area contributed by atoms with Crippen LogP contribution >= 0.6 is 12.4 Å². The van der Waals surface area contributed by atoms with E-state index in [9.17, 15) is 4.79 Å². The zero-order valence-corrected chi connectivity index (χ0v) is 14.6. The van der Waals surface area contributed by atoms with Crippen LogP contribution in [0.25, 0.3) is 11.5 Å². The number of carbonyl (C=O) groups excluding carboxylic acids is 1. The van der Waals surface area contributed by atoms with Crippen LogP contribution in [0.15, 0.2) is 34.9 Å². The average Bonchev–Trinajstić information content (AvgIpc) is 2.96. The van der Waals surface area contributed by atoms with Crippen molar-refractivity contribution in [1.29, 1.82) is 0 Å². The second kappa shape index (κ2) is 8.13. The maximum Gasteiger partial charge on any atom is 0.231 e. The molecule has 5 nitrogen and oxygen atoms in total. The summed E-state index contributed by atoms with van der Waals surface area (Å²) >= 11 is 0. The molecule has 0 fully saturated rings. The van der Waals surface area contributed by atoms with E-state index in [1.54, 1.807) is 6.20 Å². The molecule has 23 heavy (non-hydrogen) atoms. The Labute approximate surface area is 143 Å². The van der Waals surface area contributed by atoms with Gasteiger partial charge in [-0.25, -0.2) is 4.98 Å². The largest absolute Gasteiger partial charge is 0.441 e. The quantitative estimate of drug-likeness (QED) is 0.840. The second-order valence-corrected chi connectivity index (χ2v) is 5.50. The summed E-state index contributed by atoms with van der Waals surface area (Å²) in [6.45, 7) is 6.16. The van der Waals surface area contributed by atoms with E-state index < -0.39 is 5.41 Å². The minimum Gasteiger partial charge on any atom is -0.441 e. The van der Waals surface area contributed by atoms with Gasteiger partial charge in [0.05, 0.1) is 11.6 Å². The summed E-state index contributed by atoms with van der Waals surface area (Å²) in [5.74, 6) is 1.26. The predicted molar refractivity (Wildman–Crippen MR) is 94.6 cm³/mol. The van der Waals surface area contributed by atoms with Gasteiger partial charge in [0.25, 0.3) is 0 Å². The van der Waals surface area contributed by atoms with Gasteiger partial charge in [-0.15, -0.1) is 12.4 Å². The van der Waals surface area contributed by atoms with Crippen molar-refractivity contribution in [2.45, 2.75) is 33.6 Å². The van der Waals surface area contributed by atoms with E-state index in [-0.39, 0.29) is 18.3 Å². The van der Waals surface area contributed by atoms with Crippen molar-refractivity contribution < 1.29 is 9.21 Å². The lowest BCUT2D eigenvalue weighted by atomic mass is 9.81. The van der Waals surface area contributed by atoms with Gasteiger partial charge in [0.2, 0.25) is 11.8 Å². The van der Waals surface area contributed by atoms with E-state index in [2.05, 4.69) is 10.3 Å². The molecule has 6 heteroatoms. The summed E-state index contributed by atoms with van der Waals surface area (Å²) < 4.78 is 5.52. The van der Waals surface area contributed by atoms with Gasteiger partial charge in [0, 0.05) is 17.8 Å². The van der Waals surface area contributed by atoms with Gasteiger partial charge in [-0.05, 0) is 38.0 Å². The standard InChI is InChI=1S/C17H23N3O2.ClH/c1-4-17(5-2,11-18)16(21)20-14-8-6-7-13(9-14)15-19-10-12(3)22-15;/h6-10H,4-5,11,18H2,1-3H3,(H,20,21);1H. The Hall–Kier alpha value is -1.85. The van der Waals surface area contributed by atoms with Crippen LogP contribution in [0.3, 0.4) is 0 Å². The van der Waals surface area contributed by atoms with Gasteiger partial charge in [-0.2, -0.15) is 0 Å². The summed E-state index contributed by atoms with van der Waals surface area (Å²) in [6.07, 6.45) is 3.10. The molecule has 0 saturated heterocycles. The summed E-state index contributed by atoms with van der Waals surface area (Å²) in [7, 11) is 0. The second-order valence-electron chi connectivity index (χ2n) is 5.50. The monoisotopic (exact) mass is 337 g/mol. The Kier molecular flexibility index (Phi) is 6.79. The maximum atomic E-state index is 12.5. The molecule has 1 aromatic carbocycles. The van der Waals surface area contributed by atoms with Crippen LogP contribution in [0.5, 0.6) is 0 Å². The van der Waals surface area contributed by atoms with Crippen molar-refractivity contribution in [1.82, 2.24) is 4.98 Å². The van der Waals surface area contributed by atoms with E-state index in [0.29, 0.717) is 25.3 Å². The molecule has 1 amide bonds. The third kappa shape index (κ3) is 4.12. The van der Waals surface area contributed by atoms with Gasteiger partial charge < -0.3 is 15.5 Å². The van der Waals surface area contributed by atoms with Gasteiger partial charge in [-0.3, -0.25) is 4.79 Å². The fourth-order valence-corrected chi connectivity index (χ4v) is 2.43. The first-order valence-corrected chi connectivity index (χ1v) is 7.59. The highest BCUT2D eigenvalue weighted by Crippen LogP contribution is 2.28. The van der Waals surface area contributed by atoms with Crippen molar-refractivity contribution >= 4 is 24.0 Å². The minimum absolute atomic E-state index is 0. The van der Waals surface area contributed by atoms with Gasteiger partial charge in [0.1, 0.15) is 5.76 Å². The lowest BCUT2D eigenvalue weighted by Crippen LogP contribution is -2.41. The van der Waals surface area contributed by atoms with Gasteiger partial charge in [-0.1, -0.05) is 19.9 Å².